The van der Waals surface area contributed by atoms with Crippen LogP contribution in [0.2, 0.25) is 0 Å². The van der Waals surface area contributed by atoms with Gasteiger partial charge in [0.15, 0.2) is 6.29 Å². The van der Waals surface area contributed by atoms with Crippen molar-refractivity contribution in [2.24, 2.45) is 5.92 Å². The maximum atomic E-state index is 10.4. The molecule has 7 nitrogen and oxygen atoms in total. The highest BCUT2D eigenvalue weighted by molar-refractivity contribution is 5.09. The quantitative estimate of drug-likeness (QED) is 0.405. The van der Waals surface area contributed by atoms with Crippen LogP contribution in [-0.2, 0) is 9.47 Å². The Bertz CT molecular complexity index is 565. The second-order valence-electron chi connectivity index (χ2n) is 8.66. The molecule has 162 valence electrons. The van der Waals surface area contributed by atoms with Crippen molar-refractivity contribution in [3.63, 3.8) is 0 Å². The molecule has 1 aliphatic heterocycles. The number of rotatable bonds is 7. The van der Waals surface area contributed by atoms with Crippen LogP contribution in [0.3, 0.4) is 0 Å². The van der Waals surface area contributed by atoms with Gasteiger partial charge in [-0.25, -0.2) is 0 Å². The SMILES string of the molecule is C=C(C)C(O)CCC(C)(OC1OC(C)C(O)C(O)C1O)C1CCC(=C)C(O)C1. The Balaban J connectivity index is 2.19. The number of hydrogen-bond donors (Lipinski definition) is 5. The van der Waals surface area contributed by atoms with Crippen molar-refractivity contribution in [1.82, 2.24) is 0 Å². The standard InChI is InChI=1S/C21H36O7/c1-11(2)15(22)8-9-21(5,14-7-6-12(3)16(23)10-14)28-20-19(26)18(25)17(24)13(4)27-20/h13-20,22-26H,1,3,6-10H2,2,4-5H3. The molecule has 0 amide bonds. The topological polar surface area (TPSA) is 120 Å². The van der Waals surface area contributed by atoms with Crippen molar-refractivity contribution in [2.75, 3.05) is 0 Å². The molecule has 28 heavy (non-hydrogen) atoms. The van der Waals surface area contributed by atoms with Crippen molar-refractivity contribution in [2.45, 2.75) is 101 Å². The van der Waals surface area contributed by atoms with E-state index in [0.29, 0.717) is 31.3 Å². The molecule has 7 heteroatoms. The fraction of sp³-hybridized carbons (Fsp3) is 0.810. The number of aliphatic hydroxyl groups is 5. The summed E-state index contributed by atoms with van der Waals surface area (Å²) < 4.78 is 11.8. The molecule has 0 aromatic heterocycles. The molecule has 2 fully saturated rings. The Morgan fingerprint density at radius 2 is 1.89 bits per heavy atom. The Kier molecular flexibility index (Phi) is 7.83. The van der Waals surface area contributed by atoms with Gasteiger partial charge in [0.2, 0.25) is 0 Å². The molecule has 2 rings (SSSR count). The monoisotopic (exact) mass is 400 g/mol. The first-order chi connectivity index (χ1) is 13.0. The third kappa shape index (κ3) is 5.21. The van der Waals surface area contributed by atoms with E-state index in [1.54, 1.807) is 13.8 Å². The van der Waals surface area contributed by atoms with E-state index in [-0.39, 0.29) is 5.92 Å². The molecule has 9 unspecified atom stereocenters. The predicted molar refractivity (Wildman–Crippen MR) is 104 cm³/mol. The van der Waals surface area contributed by atoms with Crippen molar-refractivity contribution in [1.29, 1.82) is 0 Å². The lowest BCUT2D eigenvalue weighted by Gasteiger charge is -2.47. The van der Waals surface area contributed by atoms with Gasteiger partial charge in [-0.1, -0.05) is 18.7 Å². The van der Waals surface area contributed by atoms with Crippen LogP contribution >= 0.6 is 0 Å². The Morgan fingerprint density at radius 1 is 1.25 bits per heavy atom. The lowest BCUT2D eigenvalue weighted by Crippen LogP contribution is -2.60. The minimum absolute atomic E-state index is 0.0552. The molecule has 1 saturated heterocycles. The predicted octanol–water partition coefficient (Wildman–Crippen LogP) is 1.02. The molecule has 0 bridgehead atoms. The first-order valence-corrected chi connectivity index (χ1v) is 10.0. The van der Waals surface area contributed by atoms with E-state index < -0.39 is 48.5 Å². The zero-order valence-electron chi connectivity index (χ0n) is 17.1. The van der Waals surface area contributed by atoms with Crippen LogP contribution < -0.4 is 0 Å². The minimum atomic E-state index is -1.40. The molecule has 1 saturated carbocycles. The van der Waals surface area contributed by atoms with Crippen LogP contribution in [0, 0.1) is 5.92 Å². The number of hydrogen-bond acceptors (Lipinski definition) is 7. The molecule has 0 radical (unpaired) electrons. The van der Waals surface area contributed by atoms with Crippen molar-refractivity contribution in [3.8, 4) is 0 Å². The third-order valence-electron chi connectivity index (χ3n) is 6.33. The maximum Gasteiger partial charge on any atom is 0.187 e. The second-order valence-corrected chi connectivity index (χ2v) is 8.66. The maximum absolute atomic E-state index is 10.4. The van der Waals surface area contributed by atoms with Gasteiger partial charge in [-0.3, -0.25) is 0 Å². The van der Waals surface area contributed by atoms with Crippen LogP contribution in [0.1, 0.15) is 52.9 Å². The van der Waals surface area contributed by atoms with Gasteiger partial charge in [0, 0.05) is 0 Å². The van der Waals surface area contributed by atoms with E-state index >= 15 is 0 Å². The zero-order valence-corrected chi connectivity index (χ0v) is 17.1. The molecule has 2 aliphatic rings. The summed E-state index contributed by atoms with van der Waals surface area (Å²) in [5.74, 6) is -0.0552. The molecule has 9 atom stereocenters. The second kappa shape index (κ2) is 9.34. The van der Waals surface area contributed by atoms with E-state index in [2.05, 4.69) is 13.2 Å². The van der Waals surface area contributed by atoms with E-state index in [1.807, 2.05) is 6.92 Å². The highest BCUT2D eigenvalue weighted by Gasteiger charge is 2.47. The highest BCUT2D eigenvalue weighted by atomic mass is 16.7. The summed E-state index contributed by atoms with van der Waals surface area (Å²) in [6.07, 6.45) is -4.39. The number of ether oxygens (including phenoxy) is 2. The molecular formula is C21H36O7. The van der Waals surface area contributed by atoms with Crippen LogP contribution in [0.25, 0.3) is 0 Å². The van der Waals surface area contributed by atoms with Crippen LogP contribution in [0.5, 0.6) is 0 Å². The van der Waals surface area contributed by atoms with Crippen molar-refractivity contribution in [3.05, 3.63) is 24.3 Å². The van der Waals surface area contributed by atoms with Crippen LogP contribution in [0.4, 0.5) is 0 Å². The van der Waals surface area contributed by atoms with Crippen molar-refractivity contribution < 1.29 is 35.0 Å². The van der Waals surface area contributed by atoms with Gasteiger partial charge in [0.1, 0.15) is 18.3 Å². The molecule has 1 heterocycles. The summed E-state index contributed by atoms with van der Waals surface area (Å²) in [7, 11) is 0. The van der Waals surface area contributed by atoms with E-state index in [4.69, 9.17) is 9.47 Å². The molecule has 0 spiro atoms. The molecule has 5 N–H and O–H groups in total. The fourth-order valence-corrected chi connectivity index (χ4v) is 4.04. The summed E-state index contributed by atoms with van der Waals surface area (Å²) in [6.45, 7) is 12.9. The summed E-state index contributed by atoms with van der Waals surface area (Å²) in [6, 6.07) is 0. The average Bonchev–Trinajstić information content (AvgIpc) is 2.64. The smallest absolute Gasteiger partial charge is 0.187 e. The van der Waals surface area contributed by atoms with Gasteiger partial charge in [-0.15, -0.1) is 0 Å². The Morgan fingerprint density at radius 3 is 2.46 bits per heavy atom. The number of aliphatic hydroxyl groups excluding tert-OH is 5. The Labute approximate surface area is 167 Å². The third-order valence-corrected chi connectivity index (χ3v) is 6.33. The van der Waals surface area contributed by atoms with Gasteiger partial charge in [0.25, 0.3) is 0 Å². The lowest BCUT2D eigenvalue weighted by atomic mass is 9.73. The van der Waals surface area contributed by atoms with Gasteiger partial charge >= 0.3 is 0 Å². The van der Waals surface area contributed by atoms with Gasteiger partial charge in [0.05, 0.1) is 23.9 Å². The van der Waals surface area contributed by atoms with Gasteiger partial charge in [-0.2, -0.15) is 0 Å². The molecule has 0 aromatic rings. The molecule has 0 aromatic carbocycles. The first-order valence-electron chi connectivity index (χ1n) is 10.0. The van der Waals surface area contributed by atoms with Crippen LogP contribution in [-0.4, -0.2) is 74.0 Å². The minimum Gasteiger partial charge on any atom is -0.389 e. The van der Waals surface area contributed by atoms with E-state index in [9.17, 15) is 25.5 Å². The van der Waals surface area contributed by atoms with E-state index in [1.165, 1.54) is 0 Å². The fourth-order valence-electron chi connectivity index (χ4n) is 4.04. The summed E-state index contributed by atoms with van der Waals surface area (Å²) in [4.78, 5) is 0. The van der Waals surface area contributed by atoms with Crippen molar-refractivity contribution >= 4 is 0 Å². The van der Waals surface area contributed by atoms with Crippen LogP contribution in [0.15, 0.2) is 24.3 Å². The Hall–Kier alpha value is -0.800. The van der Waals surface area contributed by atoms with E-state index in [0.717, 1.165) is 12.0 Å². The summed E-state index contributed by atoms with van der Waals surface area (Å²) in [5.41, 5.74) is 0.619. The highest BCUT2D eigenvalue weighted by Crippen LogP contribution is 2.41. The molecule has 1 aliphatic carbocycles. The summed E-state index contributed by atoms with van der Waals surface area (Å²) >= 11 is 0. The van der Waals surface area contributed by atoms with Gasteiger partial charge in [-0.05, 0) is 64.4 Å². The average molecular weight is 401 g/mol. The molecular weight excluding hydrogens is 364 g/mol. The first kappa shape index (κ1) is 23.5. The zero-order chi connectivity index (χ0) is 21.2. The summed E-state index contributed by atoms with van der Waals surface area (Å²) in [5, 5.41) is 50.8. The van der Waals surface area contributed by atoms with Gasteiger partial charge < -0.3 is 35.0 Å². The largest absolute Gasteiger partial charge is 0.389 e. The normalized spacial score (nSPS) is 40.0. The lowest BCUT2D eigenvalue weighted by molar-refractivity contribution is -0.327.